The van der Waals surface area contributed by atoms with Gasteiger partial charge in [-0.15, -0.1) is 0 Å². The maximum atomic E-state index is 11.4. The molecular formula is C14H20N2O3. The smallest absolute Gasteiger partial charge is 0.223 e. The van der Waals surface area contributed by atoms with E-state index in [1.54, 1.807) is 18.2 Å². The zero-order valence-electron chi connectivity index (χ0n) is 11.5. The van der Waals surface area contributed by atoms with Crippen molar-refractivity contribution in [3.63, 3.8) is 0 Å². The van der Waals surface area contributed by atoms with Crippen LogP contribution in [0.3, 0.4) is 0 Å². The van der Waals surface area contributed by atoms with Crippen molar-refractivity contribution >= 4 is 17.4 Å². The molecule has 0 aromatic heterocycles. The molecule has 3 N–H and O–H groups in total. The van der Waals surface area contributed by atoms with Crippen LogP contribution in [-0.4, -0.2) is 24.3 Å². The third-order valence-corrected chi connectivity index (χ3v) is 2.42. The molecule has 1 aromatic rings. The number of nitrogens with one attached hydrogen (secondary N) is 1. The van der Waals surface area contributed by atoms with E-state index in [1.807, 2.05) is 13.8 Å². The monoisotopic (exact) mass is 264 g/mol. The predicted octanol–water partition coefficient (Wildman–Crippen LogP) is 1.76. The summed E-state index contributed by atoms with van der Waals surface area (Å²) in [5.74, 6) is 0.266. The number of nitrogen functional groups attached to an aromatic ring is 1. The molecule has 1 amide bonds. The van der Waals surface area contributed by atoms with Crippen LogP contribution in [0, 0.1) is 0 Å². The first-order chi connectivity index (χ1) is 8.90. The summed E-state index contributed by atoms with van der Waals surface area (Å²) in [4.78, 5) is 22.9. The zero-order valence-corrected chi connectivity index (χ0v) is 11.5. The molecule has 5 nitrogen and oxygen atoms in total. The van der Waals surface area contributed by atoms with Gasteiger partial charge in [0.05, 0.1) is 18.6 Å². The number of amides is 1. The SMILES string of the molecule is CC(=O)c1cc(N)ccc1OCCC(=O)NC(C)C. The lowest BCUT2D eigenvalue weighted by Gasteiger charge is -2.11. The highest BCUT2D eigenvalue weighted by Gasteiger charge is 2.10. The number of carbonyl (C=O) groups excluding carboxylic acids is 2. The molecule has 0 bridgehead atoms. The van der Waals surface area contributed by atoms with E-state index in [0.717, 1.165) is 0 Å². The minimum Gasteiger partial charge on any atom is -0.492 e. The molecule has 0 aliphatic heterocycles. The molecule has 0 saturated carbocycles. The molecule has 1 aromatic carbocycles. The van der Waals surface area contributed by atoms with E-state index in [9.17, 15) is 9.59 Å². The quantitative estimate of drug-likeness (QED) is 0.606. The van der Waals surface area contributed by atoms with Gasteiger partial charge in [-0.2, -0.15) is 0 Å². The van der Waals surface area contributed by atoms with E-state index < -0.39 is 0 Å². The van der Waals surface area contributed by atoms with Crippen molar-refractivity contribution in [1.29, 1.82) is 0 Å². The third kappa shape index (κ3) is 4.99. The average molecular weight is 264 g/mol. The molecular weight excluding hydrogens is 244 g/mol. The lowest BCUT2D eigenvalue weighted by atomic mass is 10.1. The Bertz CT molecular complexity index is 470. The molecule has 19 heavy (non-hydrogen) atoms. The Hall–Kier alpha value is -2.04. The molecule has 0 saturated heterocycles. The lowest BCUT2D eigenvalue weighted by Crippen LogP contribution is -2.31. The number of anilines is 1. The van der Waals surface area contributed by atoms with Gasteiger partial charge in [0, 0.05) is 11.7 Å². The van der Waals surface area contributed by atoms with E-state index in [1.165, 1.54) is 6.92 Å². The van der Waals surface area contributed by atoms with Gasteiger partial charge in [-0.1, -0.05) is 0 Å². The summed E-state index contributed by atoms with van der Waals surface area (Å²) in [6, 6.07) is 4.99. The Balaban J connectivity index is 2.58. The van der Waals surface area contributed by atoms with Gasteiger partial charge in [0.25, 0.3) is 0 Å². The van der Waals surface area contributed by atoms with Gasteiger partial charge in [-0.05, 0) is 39.0 Å². The fourth-order valence-electron chi connectivity index (χ4n) is 1.60. The molecule has 0 aliphatic carbocycles. The number of rotatable bonds is 6. The van der Waals surface area contributed by atoms with Gasteiger partial charge < -0.3 is 15.8 Å². The molecule has 104 valence electrons. The van der Waals surface area contributed by atoms with Crippen LogP contribution in [-0.2, 0) is 4.79 Å². The average Bonchev–Trinajstić information content (AvgIpc) is 2.29. The van der Waals surface area contributed by atoms with Gasteiger partial charge in [0.15, 0.2) is 5.78 Å². The standard InChI is InChI=1S/C14H20N2O3/c1-9(2)16-14(18)6-7-19-13-5-4-11(15)8-12(13)10(3)17/h4-5,8-9H,6-7,15H2,1-3H3,(H,16,18). The van der Waals surface area contributed by atoms with E-state index >= 15 is 0 Å². The molecule has 0 heterocycles. The van der Waals surface area contributed by atoms with Crippen molar-refractivity contribution < 1.29 is 14.3 Å². The zero-order chi connectivity index (χ0) is 14.4. The van der Waals surface area contributed by atoms with Crippen LogP contribution in [0.25, 0.3) is 0 Å². The molecule has 1 rings (SSSR count). The fraction of sp³-hybridized carbons (Fsp3) is 0.429. The Morgan fingerprint density at radius 1 is 1.37 bits per heavy atom. The van der Waals surface area contributed by atoms with Crippen molar-refractivity contribution in [3.8, 4) is 5.75 Å². The number of hydrogen-bond acceptors (Lipinski definition) is 4. The Kier molecular flexibility index (Phi) is 5.36. The number of ketones is 1. The third-order valence-electron chi connectivity index (χ3n) is 2.42. The minimum atomic E-state index is -0.117. The molecule has 5 heteroatoms. The van der Waals surface area contributed by atoms with Gasteiger partial charge >= 0.3 is 0 Å². The van der Waals surface area contributed by atoms with Crippen molar-refractivity contribution in [2.75, 3.05) is 12.3 Å². The molecule has 0 aliphatic rings. The van der Waals surface area contributed by atoms with Gasteiger partial charge in [-0.25, -0.2) is 0 Å². The van der Waals surface area contributed by atoms with Gasteiger partial charge in [0.1, 0.15) is 5.75 Å². The molecule has 0 atom stereocenters. The predicted molar refractivity (Wildman–Crippen MR) is 74.2 cm³/mol. The second-order valence-electron chi connectivity index (χ2n) is 4.63. The van der Waals surface area contributed by atoms with Crippen LogP contribution >= 0.6 is 0 Å². The van der Waals surface area contributed by atoms with Crippen molar-refractivity contribution in [1.82, 2.24) is 5.32 Å². The highest BCUT2D eigenvalue weighted by Crippen LogP contribution is 2.22. The fourth-order valence-corrected chi connectivity index (χ4v) is 1.60. The summed E-state index contributed by atoms with van der Waals surface area (Å²) in [5, 5.41) is 2.77. The number of carbonyl (C=O) groups is 2. The number of hydrogen-bond donors (Lipinski definition) is 2. The highest BCUT2D eigenvalue weighted by atomic mass is 16.5. The minimum absolute atomic E-state index is 0.0742. The summed E-state index contributed by atoms with van der Waals surface area (Å²) in [6.45, 7) is 5.47. The number of nitrogens with two attached hydrogens (primary N) is 1. The summed E-state index contributed by atoms with van der Waals surface area (Å²) < 4.78 is 5.47. The maximum Gasteiger partial charge on any atom is 0.223 e. The Morgan fingerprint density at radius 3 is 2.63 bits per heavy atom. The first-order valence-corrected chi connectivity index (χ1v) is 6.22. The second-order valence-corrected chi connectivity index (χ2v) is 4.63. The summed E-state index contributed by atoms with van der Waals surface area (Å²) in [7, 11) is 0. The second kappa shape index (κ2) is 6.78. The highest BCUT2D eigenvalue weighted by molar-refractivity contribution is 5.97. The first kappa shape index (κ1) is 15.0. The van der Waals surface area contributed by atoms with Crippen LogP contribution in [0.4, 0.5) is 5.69 Å². The van der Waals surface area contributed by atoms with Crippen LogP contribution in [0.5, 0.6) is 5.75 Å². The summed E-state index contributed by atoms with van der Waals surface area (Å²) >= 11 is 0. The van der Waals surface area contributed by atoms with Crippen LogP contribution in [0.2, 0.25) is 0 Å². The number of benzene rings is 1. The van der Waals surface area contributed by atoms with Crippen molar-refractivity contribution in [3.05, 3.63) is 23.8 Å². The van der Waals surface area contributed by atoms with Crippen LogP contribution in [0.15, 0.2) is 18.2 Å². The largest absolute Gasteiger partial charge is 0.492 e. The Morgan fingerprint density at radius 2 is 2.05 bits per heavy atom. The van der Waals surface area contributed by atoms with E-state index in [0.29, 0.717) is 17.0 Å². The lowest BCUT2D eigenvalue weighted by molar-refractivity contribution is -0.122. The van der Waals surface area contributed by atoms with Gasteiger partial charge in [0.2, 0.25) is 5.91 Å². The van der Waals surface area contributed by atoms with Crippen LogP contribution in [0.1, 0.15) is 37.6 Å². The molecule has 0 unspecified atom stereocenters. The summed E-state index contributed by atoms with van der Waals surface area (Å²) in [5.41, 5.74) is 6.57. The number of ether oxygens (including phenoxy) is 1. The Labute approximate surface area is 113 Å². The first-order valence-electron chi connectivity index (χ1n) is 6.22. The van der Waals surface area contributed by atoms with E-state index in [-0.39, 0.29) is 30.8 Å². The topological polar surface area (TPSA) is 81.4 Å². The number of Topliss-reactive ketones (excluding diaryl/α,β-unsaturated/α-hetero) is 1. The summed E-state index contributed by atoms with van der Waals surface area (Å²) in [6.07, 6.45) is 0.250. The van der Waals surface area contributed by atoms with Crippen molar-refractivity contribution in [2.24, 2.45) is 0 Å². The normalized spacial score (nSPS) is 10.3. The molecule has 0 spiro atoms. The van der Waals surface area contributed by atoms with Gasteiger partial charge in [-0.3, -0.25) is 9.59 Å². The van der Waals surface area contributed by atoms with Crippen LogP contribution < -0.4 is 15.8 Å². The molecule has 0 fully saturated rings. The molecule has 0 radical (unpaired) electrons. The van der Waals surface area contributed by atoms with Crippen molar-refractivity contribution in [2.45, 2.75) is 33.2 Å². The van der Waals surface area contributed by atoms with E-state index in [4.69, 9.17) is 10.5 Å². The van der Waals surface area contributed by atoms with E-state index in [2.05, 4.69) is 5.32 Å². The maximum absolute atomic E-state index is 11.4.